The summed E-state index contributed by atoms with van der Waals surface area (Å²) in [6, 6.07) is 5.07. The molecule has 0 atom stereocenters. The van der Waals surface area contributed by atoms with Gasteiger partial charge in [0.05, 0.1) is 17.2 Å². The zero-order valence-corrected chi connectivity index (χ0v) is 12.8. The van der Waals surface area contributed by atoms with Gasteiger partial charge in [-0.1, -0.05) is 11.6 Å². The van der Waals surface area contributed by atoms with Crippen LogP contribution in [0.1, 0.15) is 10.4 Å². The molecule has 0 unspecified atom stereocenters. The molecule has 7 heteroatoms. The number of hydrogen-bond donors (Lipinski definition) is 1. The van der Waals surface area contributed by atoms with Gasteiger partial charge in [0.25, 0.3) is 5.91 Å². The minimum absolute atomic E-state index is 0.253. The van der Waals surface area contributed by atoms with Crippen LogP contribution in [-0.4, -0.2) is 45.0 Å². The maximum absolute atomic E-state index is 11.8. The zero-order valence-electron chi connectivity index (χ0n) is 11.3. The number of ether oxygens (including phenoxy) is 2. The first-order chi connectivity index (χ1) is 9.58. The average Bonchev–Trinajstić information content (AvgIpc) is 2.45. The van der Waals surface area contributed by atoms with Crippen LogP contribution in [0.15, 0.2) is 23.1 Å². The standard InChI is InChI=1S/C13H16ClNO4S/c1-18-6-5-15-12(16)8-19-13(17)10-7-9(20-2)3-4-11(10)14/h3-4,7H,5-6,8H2,1-2H3,(H,15,16). The van der Waals surface area contributed by atoms with E-state index in [1.807, 2.05) is 6.26 Å². The van der Waals surface area contributed by atoms with Crippen molar-refractivity contribution in [3.05, 3.63) is 28.8 Å². The van der Waals surface area contributed by atoms with Gasteiger partial charge in [-0.05, 0) is 24.5 Å². The Labute approximate surface area is 127 Å². The first-order valence-corrected chi connectivity index (χ1v) is 7.45. The van der Waals surface area contributed by atoms with Gasteiger partial charge in [0.1, 0.15) is 0 Å². The van der Waals surface area contributed by atoms with E-state index in [4.69, 9.17) is 21.1 Å². The van der Waals surface area contributed by atoms with Crippen LogP contribution in [0.2, 0.25) is 5.02 Å². The van der Waals surface area contributed by atoms with Gasteiger partial charge in [-0.25, -0.2) is 4.79 Å². The number of esters is 1. The first kappa shape index (κ1) is 16.8. The number of benzene rings is 1. The Hall–Kier alpha value is -1.24. The lowest BCUT2D eigenvalue weighted by atomic mass is 10.2. The smallest absolute Gasteiger partial charge is 0.340 e. The Morgan fingerprint density at radius 3 is 2.80 bits per heavy atom. The van der Waals surface area contributed by atoms with Crippen molar-refractivity contribution in [2.45, 2.75) is 4.90 Å². The quantitative estimate of drug-likeness (QED) is 0.473. The van der Waals surface area contributed by atoms with Crippen LogP contribution in [0, 0.1) is 0 Å². The van der Waals surface area contributed by atoms with Crippen molar-refractivity contribution in [3.63, 3.8) is 0 Å². The fourth-order valence-electron chi connectivity index (χ4n) is 1.34. The van der Waals surface area contributed by atoms with Gasteiger partial charge >= 0.3 is 5.97 Å². The van der Waals surface area contributed by atoms with Crippen molar-refractivity contribution in [2.75, 3.05) is 33.1 Å². The molecule has 0 bridgehead atoms. The molecule has 1 aromatic rings. The van der Waals surface area contributed by atoms with Crippen LogP contribution < -0.4 is 5.32 Å². The molecule has 0 saturated heterocycles. The zero-order chi connectivity index (χ0) is 15.0. The van der Waals surface area contributed by atoms with Crippen LogP contribution in [0.3, 0.4) is 0 Å². The summed E-state index contributed by atoms with van der Waals surface area (Å²) in [4.78, 5) is 24.1. The lowest BCUT2D eigenvalue weighted by Gasteiger charge is -2.08. The molecule has 1 aromatic carbocycles. The molecule has 0 aliphatic carbocycles. The highest BCUT2D eigenvalue weighted by Crippen LogP contribution is 2.23. The van der Waals surface area contributed by atoms with Crippen LogP contribution in [-0.2, 0) is 14.3 Å². The molecule has 0 aliphatic heterocycles. The summed E-state index contributed by atoms with van der Waals surface area (Å²) in [5.74, 6) is -1.000. The van der Waals surface area contributed by atoms with Crippen molar-refractivity contribution in [1.82, 2.24) is 5.32 Å². The highest BCUT2D eigenvalue weighted by molar-refractivity contribution is 7.98. The van der Waals surface area contributed by atoms with Crippen LogP contribution in [0.5, 0.6) is 0 Å². The van der Waals surface area contributed by atoms with E-state index in [0.717, 1.165) is 4.90 Å². The molecule has 0 spiro atoms. The third-order valence-corrected chi connectivity index (χ3v) is 3.41. The number of hydrogen-bond acceptors (Lipinski definition) is 5. The Morgan fingerprint density at radius 1 is 1.40 bits per heavy atom. The van der Waals surface area contributed by atoms with Crippen molar-refractivity contribution in [2.24, 2.45) is 0 Å². The van der Waals surface area contributed by atoms with E-state index >= 15 is 0 Å². The van der Waals surface area contributed by atoms with E-state index in [-0.39, 0.29) is 18.1 Å². The van der Waals surface area contributed by atoms with Gasteiger partial charge in [0, 0.05) is 18.6 Å². The molecule has 1 amide bonds. The molecule has 1 N–H and O–H groups in total. The maximum atomic E-state index is 11.8. The first-order valence-electron chi connectivity index (χ1n) is 5.84. The molecule has 1 rings (SSSR count). The minimum atomic E-state index is -0.618. The third-order valence-electron chi connectivity index (χ3n) is 2.36. The molecule has 0 heterocycles. The molecule has 0 radical (unpaired) electrons. The van der Waals surface area contributed by atoms with Gasteiger partial charge in [0.15, 0.2) is 6.61 Å². The van der Waals surface area contributed by atoms with Gasteiger partial charge < -0.3 is 14.8 Å². The normalized spacial score (nSPS) is 10.2. The second kappa shape index (κ2) is 8.84. The number of halogens is 1. The van der Waals surface area contributed by atoms with Gasteiger partial charge in [-0.3, -0.25) is 4.79 Å². The molecular formula is C13H16ClNO4S. The van der Waals surface area contributed by atoms with E-state index < -0.39 is 5.97 Å². The molecule has 110 valence electrons. The van der Waals surface area contributed by atoms with Crippen molar-refractivity contribution in [1.29, 1.82) is 0 Å². The number of carbonyl (C=O) groups is 2. The Bertz CT molecular complexity index is 481. The van der Waals surface area contributed by atoms with Gasteiger partial charge in [0.2, 0.25) is 0 Å². The number of rotatable bonds is 7. The minimum Gasteiger partial charge on any atom is -0.452 e. The van der Waals surface area contributed by atoms with E-state index in [2.05, 4.69) is 5.32 Å². The second-order valence-electron chi connectivity index (χ2n) is 3.76. The van der Waals surface area contributed by atoms with Crippen LogP contribution in [0.25, 0.3) is 0 Å². The highest BCUT2D eigenvalue weighted by atomic mass is 35.5. The predicted octanol–water partition coefficient (Wildman–Crippen LogP) is 1.98. The highest BCUT2D eigenvalue weighted by Gasteiger charge is 2.14. The third kappa shape index (κ3) is 5.40. The SMILES string of the molecule is COCCNC(=O)COC(=O)c1cc(SC)ccc1Cl. The van der Waals surface area contributed by atoms with Crippen molar-refractivity contribution in [3.8, 4) is 0 Å². The van der Waals surface area contributed by atoms with E-state index in [9.17, 15) is 9.59 Å². The fourth-order valence-corrected chi connectivity index (χ4v) is 1.97. The summed E-state index contributed by atoms with van der Waals surface area (Å²) in [7, 11) is 1.53. The number of thioether (sulfide) groups is 1. The fraction of sp³-hybridized carbons (Fsp3) is 0.385. The predicted molar refractivity (Wildman–Crippen MR) is 78.4 cm³/mol. The lowest BCUT2D eigenvalue weighted by molar-refractivity contribution is -0.124. The van der Waals surface area contributed by atoms with E-state index in [1.165, 1.54) is 18.9 Å². The molecule has 0 aromatic heterocycles. The summed E-state index contributed by atoms with van der Waals surface area (Å²) >= 11 is 7.43. The summed E-state index contributed by atoms with van der Waals surface area (Å²) in [6.45, 7) is 0.430. The number of methoxy groups -OCH3 is 1. The Balaban J connectivity index is 2.52. The molecule has 0 saturated carbocycles. The maximum Gasteiger partial charge on any atom is 0.340 e. The van der Waals surface area contributed by atoms with Gasteiger partial charge in [-0.2, -0.15) is 0 Å². The Morgan fingerprint density at radius 2 is 2.15 bits per heavy atom. The molecule has 0 fully saturated rings. The van der Waals surface area contributed by atoms with Gasteiger partial charge in [-0.15, -0.1) is 11.8 Å². The number of carbonyl (C=O) groups excluding carboxylic acids is 2. The molecular weight excluding hydrogens is 302 g/mol. The van der Waals surface area contributed by atoms with E-state index in [1.54, 1.807) is 18.2 Å². The topological polar surface area (TPSA) is 64.6 Å². The summed E-state index contributed by atoms with van der Waals surface area (Å²) in [5, 5.41) is 2.85. The summed E-state index contributed by atoms with van der Waals surface area (Å²) in [6.07, 6.45) is 1.89. The average molecular weight is 318 g/mol. The molecule has 5 nitrogen and oxygen atoms in total. The largest absolute Gasteiger partial charge is 0.452 e. The number of nitrogens with one attached hydrogen (secondary N) is 1. The van der Waals surface area contributed by atoms with Crippen molar-refractivity contribution < 1.29 is 19.1 Å². The van der Waals surface area contributed by atoms with Crippen LogP contribution in [0.4, 0.5) is 0 Å². The lowest BCUT2D eigenvalue weighted by Crippen LogP contribution is -2.31. The Kier molecular flexibility index (Phi) is 7.43. The molecule has 20 heavy (non-hydrogen) atoms. The monoisotopic (exact) mass is 317 g/mol. The summed E-state index contributed by atoms with van der Waals surface area (Å²) < 4.78 is 9.70. The van der Waals surface area contributed by atoms with E-state index in [0.29, 0.717) is 18.2 Å². The second-order valence-corrected chi connectivity index (χ2v) is 5.05. The van der Waals surface area contributed by atoms with Crippen LogP contribution >= 0.6 is 23.4 Å². The summed E-state index contributed by atoms with van der Waals surface area (Å²) in [5.41, 5.74) is 0.253. The van der Waals surface area contributed by atoms with Crippen molar-refractivity contribution >= 4 is 35.2 Å². The molecule has 0 aliphatic rings. The number of amides is 1.